The molecule has 2 nitrogen and oxygen atoms in total. The highest BCUT2D eigenvalue weighted by molar-refractivity contribution is 5.96. The molecule has 0 radical (unpaired) electrons. The van der Waals surface area contributed by atoms with Crippen LogP contribution in [0.15, 0.2) is 11.8 Å². The molecule has 2 atom stereocenters. The number of rotatable bonds is 1. The molecule has 1 aliphatic carbocycles. The molecular formula is C11H19NO. The minimum Gasteiger partial charge on any atom is -0.383 e. The summed E-state index contributed by atoms with van der Waals surface area (Å²) >= 11 is 0. The molecule has 0 N–H and O–H groups in total. The molecule has 13 heavy (non-hydrogen) atoms. The quantitative estimate of drug-likeness (QED) is 0.577. The number of carbonyl (C=O) groups excluding carboxylic acids is 1. The third-order valence-corrected chi connectivity index (χ3v) is 2.54. The van der Waals surface area contributed by atoms with Crippen molar-refractivity contribution < 1.29 is 4.79 Å². The van der Waals surface area contributed by atoms with Gasteiger partial charge in [0.2, 0.25) is 0 Å². The number of Topliss-reactive ketones (excluding diaryl/α,β-unsaturated/α-hetero) is 1. The van der Waals surface area contributed by atoms with Gasteiger partial charge in [-0.2, -0.15) is 0 Å². The van der Waals surface area contributed by atoms with Crippen LogP contribution in [0.3, 0.4) is 0 Å². The Hall–Kier alpha value is -0.790. The van der Waals surface area contributed by atoms with Gasteiger partial charge in [0.05, 0.1) is 0 Å². The summed E-state index contributed by atoms with van der Waals surface area (Å²) < 4.78 is 0. The third kappa shape index (κ3) is 2.58. The smallest absolute Gasteiger partial charge is 0.160 e. The first-order valence-corrected chi connectivity index (χ1v) is 4.92. The number of hydrogen-bond donors (Lipinski definition) is 0. The number of ketones is 1. The summed E-state index contributed by atoms with van der Waals surface area (Å²) in [4.78, 5) is 13.6. The van der Waals surface area contributed by atoms with Crippen LogP contribution in [0.2, 0.25) is 0 Å². The number of hydrogen-bond acceptors (Lipinski definition) is 2. The van der Waals surface area contributed by atoms with Gasteiger partial charge in [-0.25, -0.2) is 0 Å². The van der Waals surface area contributed by atoms with Crippen LogP contribution in [-0.2, 0) is 4.79 Å². The zero-order valence-corrected chi connectivity index (χ0v) is 9.00. The first kappa shape index (κ1) is 10.3. The van der Waals surface area contributed by atoms with Crippen LogP contribution in [0.4, 0.5) is 0 Å². The molecule has 0 bridgehead atoms. The van der Waals surface area contributed by atoms with Crippen LogP contribution in [0.25, 0.3) is 0 Å². The van der Waals surface area contributed by atoms with Gasteiger partial charge in [0, 0.05) is 32.3 Å². The predicted molar refractivity (Wildman–Crippen MR) is 54.3 cm³/mol. The highest BCUT2D eigenvalue weighted by atomic mass is 16.1. The summed E-state index contributed by atoms with van der Waals surface area (Å²) in [6, 6.07) is 0. The van der Waals surface area contributed by atoms with Gasteiger partial charge in [0.25, 0.3) is 0 Å². The van der Waals surface area contributed by atoms with E-state index in [9.17, 15) is 4.79 Å². The summed E-state index contributed by atoms with van der Waals surface area (Å²) in [6.07, 6.45) is 3.84. The molecule has 0 aliphatic heterocycles. The molecule has 1 saturated carbocycles. The average molecular weight is 181 g/mol. The molecule has 74 valence electrons. The van der Waals surface area contributed by atoms with Crippen molar-refractivity contribution in [3.63, 3.8) is 0 Å². The van der Waals surface area contributed by atoms with Crippen LogP contribution in [0, 0.1) is 11.8 Å². The van der Waals surface area contributed by atoms with Crippen molar-refractivity contribution in [1.29, 1.82) is 0 Å². The van der Waals surface area contributed by atoms with E-state index < -0.39 is 0 Å². The first-order valence-electron chi connectivity index (χ1n) is 4.92. The molecule has 0 aromatic carbocycles. The maximum absolute atomic E-state index is 11.7. The largest absolute Gasteiger partial charge is 0.383 e. The van der Waals surface area contributed by atoms with Crippen LogP contribution < -0.4 is 0 Å². The number of nitrogens with zero attached hydrogens (tertiary/aromatic N) is 1. The monoisotopic (exact) mass is 181 g/mol. The molecular weight excluding hydrogens is 162 g/mol. The van der Waals surface area contributed by atoms with Crippen LogP contribution in [-0.4, -0.2) is 24.8 Å². The average Bonchev–Trinajstić information content (AvgIpc) is 1.96. The van der Waals surface area contributed by atoms with Crippen LogP contribution in [0.5, 0.6) is 0 Å². The van der Waals surface area contributed by atoms with E-state index in [4.69, 9.17) is 0 Å². The Morgan fingerprint density at radius 3 is 2.46 bits per heavy atom. The third-order valence-electron chi connectivity index (χ3n) is 2.54. The maximum Gasteiger partial charge on any atom is 0.160 e. The summed E-state index contributed by atoms with van der Waals surface area (Å²) in [6.45, 7) is 4.30. The lowest BCUT2D eigenvalue weighted by Gasteiger charge is -2.26. The molecule has 1 fully saturated rings. The fourth-order valence-electron chi connectivity index (χ4n) is 2.00. The summed E-state index contributed by atoms with van der Waals surface area (Å²) in [5, 5.41) is 0. The van der Waals surface area contributed by atoms with E-state index in [1.807, 2.05) is 25.2 Å². The fraction of sp³-hybridized carbons (Fsp3) is 0.727. The van der Waals surface area contributed by atoms with Crippen LogP contribution in [0.1, 0.15) is 26.7 Å². The number of carbonyl (C=O) groups is 1. The lowest BCUT2D eigenvalue weighted by molar-refractivity contribution is -0.118. The minimum atomic E-state index is 0.333. The van der Waals surface area contributed by atoms with Crippen molar-refractivity contribution in [2.24, 2.45) is 11.8 Å². The fourth-order valence-corrected chi connectivity index (χ4v) is 2.00. The highest BCUT2D eigenvalue weighted by Gasteiger charge is 2.26. The molecule has 0 aromatic heterocycles. The van der Waals surface area contributed by atoms with E-state index in [0.717, 1.165) is 18.4 Å². The Morgan fingerprint density at radius 1 is 1.38 bits per heavy atom. The molecule has 1 rings (SSSR count). The van der Waals surface area contributed by atoms with Crippen molar-refractivity contribution in [3.8, 4) is 0 Å². The Morgan fingerprint density at radius 2 is 2.00 bits per heavy atom. The summed E-state index contributed by atoms with van der Waals surface area (Å²) in [5.74, 6) is 1.32. The molecule has 0 spiro atoms. The Labute approximate surface area is 80.6 Å². The van der Waals surface area contributed by atoms with Gasteiger partial charge in [-0.3, -0.25) is 4.79 Å². The van der Waals surface area contributed by atoms with Gasteiger partial charge in [0.15, 0.2) is 5.78 Å². The molecule has 0 heterocycles. The topological polar surface area (TPSA) is 20.3 Å². The Kier molecular flexibility index (Phi) is 3.12. The van der Waals surface area contributed by atoms with Gasteiger partial charge in [-0.15, -0.1) is 0 Å². The van der Waals surface area contributed by atoms with Gasteiger partial charge < -0.3 is 4.90 Å². The van der Waals surface area contributed by atoms with E-state index in [2.05, 4.69) is 13.8 Å². The lowest BCUT2D eigenvalue weighted by atomic mass is 9.79. The zero-order valence-electron chi connectivity index (χ0n) is 9.00. The minimum absolute atomic E-state index is 0.333. The van der Waals surface area contributed by atoms with Gasteiger partial charge in [-0.05, 0) is 18.3 Å². The molecule has 2 unspecified atom stereocenters. The van der Waals surface area contributed by atoms with E-state index >= 15 is 0 Å². The molecule has 0 aromatic rings. The molecule has 2 heteroatoms. The second-order valence-electron chi connectivity index (χ2n) is 4.42. The maximum atomic E-state index is 11.7. The van der Waals surface area contributed by atoms with Gasteiger partial charge in [-0.1, -0.05) is 13.8 Å². The highest BCUT2D eigenvalue weighted by Crippen LogP contribution is 2.30. The Balaban J connectivity index is 2.78. The molecule has 0 amide bonds. The molecule has 0 saturated heterocycles. The van der Waals surface area contributed by atoms with Crippen molar-refractivity contribution in [3.05, 3.63) is 11.8 Å². The Bertz CT molecular complexity index is 230. The standard InChI is InChI=1S/C11H19NO/c1-8-5-9(2)10(7-12(3)4)11(13)6-8/h7-9H,5-6H2,1-4H3. The van der Waals surface area contributed by atoms with E-state index in [1.54, 1.807) is 0 Å². The lowest BCUT2D eigenvalue weighted by Crippen LogP contribution is -2.24. The predicted octanol–water partition coefficient (Wildman–Crippen LogP) is 2.07. The van der Waals surface area contributed by atoms with Gasteiger partial charge >= 0.3 is 0 Å². The van der Waals surface area contributed by atoms with Gasteiger partial charge in [0.1, 0.15) is 0 Å². The zero-order chi connectivity index (χ0) is 10.0. The van der Waals surface area contributed by atoms with Crippen molar-refractivity contribution in [1.82, 2.24) is 4.90 Å². The number of allylic oxidation sites excluding steroid dienone is 1. The normalized spacial score (nSPS) is 32.3. The van der Waals surface area contributed by atoms with E-state index in [1.165, 1.54) is 0 Å². The van der Waals surface area contributed by atoms with Crippen molar-refractivity contribution >= 4 is 5.78 Å². The second-order valence-corrected chi connectivity index (χ2v) is 4.42. The van der Waals surface area contributed by atoms with Crippen LogP contribution >= 0.6 is 0 Å². The summed E-state index contributed by atoms with van der Waals surface area (Å²) in [5.41, 5.74) is 1.00. The second kappa shape index (κ2) is 3.95. The van der Waals surface area contributed by atoms with Crippen molar-refractivity contribution in [2.45, 2.75) is 26.7 Å². The van der Waals surface area contributed by atoms with E-state index in [-0.39, 0.29) is 0 Å². The summed E-state index contributed by atoms with van der Waals surface area (Å²) in [7, 11) is 3.93. The first-order chi connectivity index (χ1) is 6.00. The molecule has 1 aliphatic rings. The van der Waals surface area contributed by atoms with Crippen molar-refractivity contribution in [2.75, 3.05) is 14.1 Å². The SMILES string of the molecule is CC1CC(=O)C(=CN(C)C)C(C)C1. The van der Waals surface area contributed by atoms with E-state index in [0.29, 0.717) is 17.6 Å².